The van der Waals surface area contributed by atoms with Crippen LogP contribution in [0.1, 0.15) is 48.8 Å². The molecule has 6 heteroatoms. The number of hydrogen-bond donors (Lipinski definition) is 3. The quantitative estimate of drug-likeness (QED) is 0.526. The van der Waals surface area contributed by atoms with Crippen molar-refractivity contribution in [1.29, 1.82) is 0 Å². The van der Waals surface area contributed by atoms with Gasteiger partial charge in [0.2, 0.25) is 0 Å². The van der Waals surface area contributed by atoms with E-state index in [-0.39, 0.29) is 6.54 Å². The normalized spacial score (nSPS) is 18.8. The summed E-state index contributed by atoms with van der Waals surface area (Å²) in [7, 11) is 0. The Balaban J connectivity index is 1.67. The molecule has 1 aliphatic rings. The topological polar surface area (TPSA) is 79.0 Å². The van der Waals surface area contributed by atoms with Crippen molar-refractivity contribution in [2.24, 2.45) is 4.99 Å². The van der Waals surface area contributed by atoms with E-state index >= 15 is 0 Å². The highest BCUT2D eigenvalue weighted by molar-refractivity contribution is 5.79. The molecule has 6 nitrogen and oxygen atoms in total. The molecule has 1 aliphatic heterocycles. The van der Waals surface area contributed by atoms with Crippen LogP contribution >= 0.6 is 0 Å². The van der Waals surface area contributed by atoms with Crippen LogP contribution < -0.4 is 15.4 Å². The van der Waals surface area contributed by atoms with Gasteiger partial charge in [-0.3, -0.25) is 0 Å². The van der Waals surface area contributed by atoms with Gasteiger partial charge in [0.25, 0.3) is 0 Å². The van der Waals surface area contributed by atoms with Gasteiger partial charge in [0.15, 0.2) is 5.96 Å². The first-order valence-corrected chi connectivity index (χ1v) is 9.94. The fourth-order valence-corrected chi connectivity index (χ4v) is 3.67. The molecule has 2 unspecified atom stereocenters. The summed E-state index contributed by atoms with van der Waals surface area (Å²) in [5, 5.41) is 17.6. The van der Waals surface area contributed by atoms with E-state index in [0.29, 0.717) is 11.9 Å². The van der Waals surface area contributed by atoms with E-state index in [9.17, 15) is 5.11 Å². The van der Waals surface area contributed by atoms with E-state index in [1.54, 1.807) is 6.92 Å². The molecule has 0 aliphatic carbocycles. The van der Waals surface area contributed by atoms with Crippen LogP contribution in [0.15, 0.2) is 39.7 Å². The van der Waals surface area contributed by atoms with Crippen molar-refractivity contribution in [3.05, 3.63) is 53.0 Å². The number of guanidine groups is 1. The van der Waals surface area contributed by atoms with Gasteiger partial charge in [-0.2, -0.15) is 0 Å². The molecular weight excluding hydrogens is 354 g/mol. The lowest BCUT2D eigenvalue weighted by Crippen LogP contribution is -2.41. The number of benzene rings is 1. The van der Waals surface area contributed by atoms with Crippen LogP contribution in [0, 0.1) is 13.8 Å². The highest BCUT2D eigenvalue weighted by Crippen LogP contribution is 2.32. The van der Waals surface area contributed by atoms with Gasteiger partial charge >= 0.3 is 0 Å². The zero-order chi connectivity index (χ0) is 20.1. The van der Waals surface area contributed by atoms with Gasteiger partial charge < -0.3 is 24.9 Å². The van der Waals surface area contributed by atoms with Crippen LogP contribution in [0.25, 0.3) is 0 Å². The maximum atomic E-state index is 10.9. The molecule has 1 aromatic heterocycles. The van der Waals surface area contributed by atoms with E-state index in [1.807, 2.05) is 45.0 Å². The summed E-state index contributed by atoms with van der Waals surface area (Å²) in [5.41, 5.74) is 0.923. The van der Waals surface area contributed by atoms with Crippen molar-refractivity contribution < 1.29 is 14.3 Å². The number of rotatable bonds is 6. The summed E-state index contributed by atoms with van der Waals surface area (Å²) in [6.07, 6.45) is 0.967. The highest BCUT2D eigenvalue weighted by Gasteiger charge is 2.28. The summed E-state index contributed by atoms with van der Waals surface area (Å²) in [6, 6.07) is 10.1. The molecule has 0 amide bonds. The molecule has 2 aromatic rings. The Hall–Kier alpha value is -2.47. The summed E-state index contributed by atoms with van der Waals surface area (Å²) in [5.74, 6) is 3.56. The predicted molar refractivity (Wildman–Crippen MR) is 111 cm³/mol. The molecule has 152 valence electrons. The molecule has 0 fully saturated rings. The van der Waals surface area contributed by atoms with Gasteiger partial charge in [0.05, 0.1) is 13.2 Å². The smallest absolute Gasteiger partial charge is 0.191 e. The van der Waals surface area contributed by atoms with Crippen molar-refractivity contribution >= 4 is 5.96 Å². The third kappa shape index (κ3) is 4.68. The number of ether oxygens (including phenoxy) is 1. The number of aliphatic hydroxyl groups is 1. The predicted octanol–water partition coefficient (Wildman–Crippen LogP) is 3.23. The minimum absolute atomic E-state index is 0.243. The summed E-state index contributed by atoms with van der Waals surface area (Å²) >= 11 is 0. The second kappa shape index (κ2) is 8.69. The third-order valence-electron chi connectivity index (χ3n) is 5.11. The Kier molecular flexibility index (Phi) is 6.29. The largest absolute Gasteiger partial charge is 0.493 e. The summed E-state index contributed by atoms with van der Waals surface area (Å²) in [4.78, 5) is 4.62. The fourth-order valence-electron chi connectivity index (χ4n) is 3.67. The molecule has 0 bridgehead atoms. The van der Waals surface area contributed by atoms with Gasteiger partial charge in [-0.25, -0.2) is 4.99 Å². The Labute approximate surface area is 167 Å². The van der Waals surface area contributed by atoms with Crippen LogP contribution in [0.5, 0.6) is 5.75 Å². The van der Waals surface area contributed by atoms with Gasteiger partial charge in [0.1, 0.15) is 22.9 Å². The zero-order valence-corrected chi connectivity index (χ0v) is 17.2. The molecule has 3 N–H and O–H groups in total. The van der Waals surface area contributed by atoms with E-state index in [2.05, 4.69) is 21.7 Å². The van der Waals surface area contributed by atoms with Gasteiger partial charge in [-0.1, -0.05) is 18.2 Å². The average molecular weight is 386 g/mol. The van der Waals surface area contributed by atoms with Crippen LogP contribution in [0.2, 0.25) is 0 Å². The monoisotopic (exact) mass is 385 g/mol. The van der Waals surface area contributed by atoms with Gasteiger partial charge in [0, 0.05) is 24.6 Å². The number of nitrogens with one attached hydrogen (secondary N) is 2. The lowest BCUT2D eigenvalue weighted by Gasteiger charge is -2.27. The van der Waals surface area contributed by atoms with Gasteiger partial charge in [-0.15, -0.1) is 0 Å². The molecule has 0 saturated carbocycles. The van der Waals surface area contributed by atoms with Crippen molar-refractivity contribution in [3.8, 4) is 5.75 Å². The number of aryl methyl sites for hydroxylation is 2. The minimum Gasteiger partial charge on any atom is -0.493 e. The molecular formula is C22H31N3O3. The lowest BCUT2D eigenvalue weighted by molar-refractivity contribution is 0.0657. The molecule has 28 heavy (non-hydrogen) atoms. The first-order chi connectivity index (χ1) is 13.4. The number of furan rings is 1. The SMILES string of the molecule is CCNC(=NCC(C)(O)c1cc(C)oc1C)NCC1CCOc2ccccc21. The molecule has 3 rings (SSSR count). The van der Waals surface area contributed by atoms with Crippen LogP contribution in [0.4, 0.5) is 0 Å². The summed E-state index contributed by atoms with van der Waals surface area (Å²) in [6.45, 7) is 10.0. The number of para-hydroxylation sites is 1. The van der Waals surface area contributed by atoms with E-state index in [0.717, 1.165) is 49.0 Å². The maximum Gasteiger partial charge on any atom is 0.191 e. The Morgan fingerprint density at radius 3 is 2.79 bits per heavy atom. The second-order valence-corrected chi connectivity index (χ2v) is 7.55. The second-order valence-electron chi connectivity index (χ2n) is 7.55. The summed E-state index contributed by atoms with van der Waals surface area (Å²) < 4.78 is 11.3. The lowest BCUT2D eigenvalue weighted by atomic mass is 9.93. The molecule has 2 heterocycles. The number of hydrogen-bond acceptors (Lipinski definition) is 4. The number of fused-ring (bicyclic) bond motifs is 1. The molecule has 0 spiro atoms. The Morgan fingerprint density at radius 1 is 1.29 bits per heavy atom. The molecule has 1 aromatic carbocycles. The average Bonchev–Trinajstić information content (AvgIpc) is 3.03. The standard InChI is InChI=1S/C22H31N3O3/c1-5-23-21(25-14-22(4,26)19-12-15(2)28-16(19)3)24-13-17-10-11-27-20-9-7-6-8-18(17)20/h6-9,12,17,26H,5,10-11,13-14H2,1-4H3,(H2,23,24,25). The zero-order valence-electron chi connectivity index (χ0n) is 17.2. The van der Waals surface area contributed by atoms with Gasteiger partial charge in [-0.05, 0) is 51.8 Å². The highest BCUT2D eigenvalue weighted by atomic mass is 16.5. The van der Waals surface area contributed by atoms with E-state index in [1.165, 1.54) is 5.56 Å². The van der Waals surface area contributed by atoms with E-state index < -0.39 is 5.60 Å². The van der Waals surface area contributed by atoms with Crippen LogP contribution in [-0.4, -0.2) is 37.3 Å². The third-order valence-corrected chi connectivity index (χ3v) is 5.11. The van der Waals surface area contributed by atoms with Crippen LogP contribution in [-0.2, 0) is 5.60 Å². The first-order valence-electron chi connectivity index (χ1n) is 9.94. The Bertz CT molecular complexity index is 826. The van der Waals surface area contributed by atoms with E-state index in [4.69, 9.17) is 9.15 Å². The number of nitrogens with zero attached hydrogens (tertiary/aromatic N) is 1. The Morgan fingerprint density at radius 2 is 2.07 bits per heavy atom. The maximum absolute atomic E-state index is 10.9. The van der Waals surface area contributed by atoms with Crippen molar-refractivity contribution in [2.45, 2.75) is 45.6 Å². The molecule has 0 saturated heterocycles. The molecule has 0 radical (unpaired) electrons. The number of aliphatic imine (C=N–C) groups is 1. The van der Waals surface area contributed by atoms with Crippen LogP contribution in [0.3, 0.4) is 0 Å². The fraction of sp³-hybridized carbons (Fsp3) is 0.500. The van der Waals surface area contributed by atoms with Crippen molar-refractivity contribution in [1.82, 2.24) is 10.6 Å². The minimum atomic E-state index is -1.09. The van der Waals surface area contributed by atoms with Crippen molar-refractivity contribution in [3.63, 3.8) is 0 Å². The molecule has 2 atom stereocenters. The van der Waals surface area contributed by atoms with Crippen molar-refractivity contribution in [2.75, 3.05) is 26.2 Å². The first kappa shape index (κ1) is 20.3.